The number of thiophene rings is 1. The van der Waals surface area contributed by atoms with Crippen molar-refractivity contribution < 1.29 is 23.0 Å². The fourth-order valence-corrected chi connectivity index (χ4v) is 6.24. The lowest BCUT2D eigenvalue weighted by Gasteiger charge is -2.14. The largest absolute Gasteiger partial charge is 0.454 e. The van der Waals surface area contributed by atoms with E-state index in [9.17, 15) is 18.4 Å². The molecule has 3 heterocycles. The highest BCUT2D eigenvalue weighted by molar-refractivity contribution is 7.22. The lowest BCUT2D eigenvalue weighted by Crippen LogP contribution is -2.39. The molecule has 5 aromatic rings. The molecule has 3 aromatic carbocycles. The number of ether oxygens (including phenoxy) is 3. The number of nitrogens with two attached hydrogens (primary N) is 1. The molecule has 0 amide bonds. The Morgan fingerprint density at radius 3 is 2.48 bits per heavy atom. The van der Waals surface area contributed by atoms with Crippen LogP contribution in [-0.2, 0) is 17.8 Å². The maximum atomic E-state index is 14.9. The van der Waals surface area contributed by atoms with Gasteiger partial charge in [0.05, 0.1) is 24.2 Å². The van der Waals surface area contributed by atoms with E-state index < -0.39 is 29.4 Å². The van der Waals surface area contributed by atoms with Crippen LogP contribution in [0.15, 0.2) is 70.3 Å². The van der Waals surface area contributed by atoms with Crippen molar-refractivity contribution in [1.82, 2.24) is 14.5 Å². The molecule has 1 aliphatic rings. The summed E-state index contributed by atoms with van der Waals surface area (Å²) >= 11 is 1.20. The van der Waals surface area contributed by atoms with E-state index in [1.165, 1.54) is 28.0 Å². The summed E-state index contributed by atoms with van der Waals surface area (Å²) in [6.45, 7) is 0.794. The Morgan fingerprint density at radius 2 is 1.74 bits per heavy atom. The van der Waals surface area contributed by atoms with Crippen LogP contribution < -0.4 is 31.8 Å². The quantitative estimate of drug-likeness (QED) is 0.195. The fraction of sp³-hybridized carbons (Fsp3) is 0.200. The molecule has 0 bridgehead atoms. The van der Waals surface area contributed by atoms with Crippen LogP contribution in [0.5, 0.6) is 11.5 Å². The van der Waals surface area contributed by atoms with E-state index in [2.05, 4.69) is 5.32 Å². The first-order valence-corrected chi connectivity index (χ1v) is 13.9. The minimum atomic E-state index is -0.798. The predicted octanol–water partition coefficient (Wildman–Crippen LogP) is 4.25. The van der Waals surface area contributed by atoms with Gasteiger partial charge in [-0.15, -0.1) is 11.3 Å². The number of aromatic nitrogens is 2. The summed E-state index contributed by atoms with van der Waals surface area (Å²) in [5, 5.41) is 3.55. The first kappa shape index (κ1) is 27.6. The number of nitrogens with zero attached hydrogens (tertiary/aromatic N) is 2. The average molecular weight is 593 g/mol. The zero-order valence-corrected chi connectivity index (χ0v) is 23.3. The summed E-state index contributed by atoms with van der Waals surface area (Å²) < 4.78 is 48.0. The van der Waals surface area contributed by atoms with Gasteiger partial charge >= 0.3 is 5.69 Å². The molecule has 0 aliphatic carbocycles. The minimum Gasteiger partial charge on any atom is -0.454 e. The Bertz CT molecular complexity index is 1900. The number of nitrogens with one attached hydrogen (secondary N) is 1. The molecule has 6 rings (SSSR count). The number of anilines is 1. The predicted molar refractivity (Wildman–Crippen MR) is 157 cm³/mol. The van der Waals surface area contributed by atoms with Gasteiger partial charge in [-0.1, -0.05) is 18.2 Å². The number of halogens is 2. The van der Waals surface area contributed by atoms with Gasteiger partial charge < -0.3 is 25.3 Å². The number of methoxy groups -OCH3 is 1. The molecule has 1 aliphatic heterocycles. The van der Waals surface area contributed by atoms with Crippen LogP contribution in [0, 0.1) is 11.6 Å². The van der Waals surface area contributed by atoms with Crippen LogP contribution in [0.3, 0.4) is 0 Å². The highest BCUT2D eigenvalue weighted by atomic mass is 32.1. The van der Waals surface area contributed by atoms with Crippen LogP contribution in [0.25, 0.3) is 26.3 Å². The number of hydrogen-bond donors (Lipinski definition) is 2. The highest BCUT2D eigenvalue weighted by Crippen LogP contribution is 2.38. The van der Waals surface area contributed by atoms with Gasteiger partial charge in [-0.25, -0.2) is 18.1 Å². The summed E-state index contributed by atoms with van der Waals surface area (Å²) in [5.74, 6) is -0.744. The number of benzene rings is 3. The molecular weight excluding hydrogens is 566 g/mol. The molecule has 0 fully saturated rings. The normalized spacial score (nSPS) is 12.4. The van der Waals surface area contributed by atoms with Gasteiger partial charge in [0.15, 0.2) is 11.5 Å². The van der Waals surface area contributed by atoms with Crippen molar-refractivity contribution in [3.8, 4) is 27.6 Å². The molecule has 3 N–H and O–H groups in total. The molecule has 0 saturated heterocycles. The first-order valence-electron chi connectivity index (χ1n) is 13.1. The lowest BCUT2D eigenvalue weighted by molar-refractivity contribution is 0.174. The van der Waals surface area contributed by atoms with Crippen molar-refractivity contribution in [3.05, 3.63) is 104 Å². The van der Waals surface area contributed by atoms with Gasteiger partial charge in [-0.3, -0.25) is 9.36 Å². The second kappa shape index (κ2) is 11.4. The van der Waals surface area contributed by atoms with Crippen molar-refractivity contribution in [2.75, 3.05) is 32.8 Å². The SMILES string of the molecule is COCCNCc1c(-c2ccc(N)cc2)sc2c1c(=O)n(-c1ccc3c(c1)OCO3)c(=O)n2Cc1c(F)cccc1F. The molecule has 0 spiro atoms. The Morgan fingerprint density at radius 1 is 1.00 bits per heavy atom. The Hall–Kier alpha value is -4.52. The molecule has 0 saturated carbocycles. The van der Waals surface area contributed by atoms with E-state index >= 15 is 0 Å². The van der Waals surface area contributed by atoms with Crippen LogP contribution in [0.4, 0.5) is 14.5 Å². The molecule has 0 atom stereocenters. The number of hydrogen-bond acceptors (Lipinski definition) is 8. The van der Waals surface area contributed by atoms with Crippen molar-refractivity contribution >= 4 is 27.2 Å². The van der Waals surface area contributed by atoms with E-state index in [1.54, 1.807) is 31.4 Å². The molecule has 2 aromatic heterocycles. The van der Waals surface area contributed by atoms with Crippen LogP contribution in [0.2, 0.25) is 0 Å². The van der Waals surface area contributed by atoms with E-state index in [-0.39, 0.29) is 30.0 Å². The Labute approximate surface area is 242 Å². The summed E-state index contributed by atoms with van der Waals surface area (Å²) in [6, 6.07) is 15.4. The minimum absolute atomic E-state index is 0.0102. The number of nitrogen functional groups attached to an aromatic ring is 1. The average Bonchev–Trinajstić information content (AvgIpc) is 3.60. The molecule has 9 nitrogen and oxygen atoms in total. The highest BCUT2D eigenvalue weighted by Gasteiger charge is 2.25. The second-order valence-corrected chi connectivity index (χ2v) is 10.6. The molecular formula is C30H26F2N4O5S. The third-order valence-electron chi connectivity index (χ3n) is 7.02. The maximum absolute atomic E-state index is 14.9. The van der Waals surface area contributed by atoms with E-state index in [0.717, 1.165) is 27.1 Å². The van der Waals surface area contributed by atoms with Crippen LogP contribution in [0.1, 0.15) is 11.1 Å². The lowest BCUT2D eigenvalue weighted by atomic mass is 10.1. The monoisotopic (exact) mass is 592 g/mol. The van der Waals surface area contributed by atoms with Crippen LogP contribution in [-0.4, -0.2) is 36.2 Å². The maximum Gasteiger partial charge on any atom is 0.337 e. The summed E-state index contributed by atoms with van der Waals surface area (Å²) in [4.78, 5) is 29.4. The Balaban J connectivity index is 1.65. The van der Waals surface area contributed by atoms with Crippen molar-refractivity contribution in [2.24, 2.45) is 0 Å². The standard InChI is InChI=1S/C30H26F2N4O5S/c1-39-12-11-34-14-20-26-28(37)36(19-9-10-24-25(13-19)41-16-40-24)30(38)35(15-21-22(31)3-2-4-23(21)32)29(26)42-27(20)17-5-7-18(33)8-6-17/h2-10,13,34H,11-12,14-16,33H2,1H3. The third-order valence-corrected chi connectivity index (χ3v) is 8.33. The van der Waals surface area contributed by atoms with Gasteiger partial charge in [0, 0.05) is 42.4 Å². The van der Waals surface area contributed by atoms with E-state index in [1.807, 2.05) is 12.1 Å². The fourth-order valence-electron chi connectivity index (χ4n) is 4.93. The van der Waals surface area contributed by atoms with Crippen molar-refractivity contribution in [1.29, 1.82) is 0 Å². The second-order valence-electron chi connectivity index (χ2n) is 9.63. The first-order chi connectivity index (χ1) is 20.4. The zero-order chi connectivity index (χ0) is 29.4. The molecule has 42 heavy (non-hydrogen) atoms. The van der Waals surface area contributed by atoms with Gasteiger partial charge in [0.2, 0.25) is 6.79 Å². The molecule has 0 unspecified atom stereocenters. The molecule has 12 heteroatoms. The van der Waals surface area contributed by atoms with E-state index in [4.69, 9.17) is 19.9 Å². The van der Waals surface area contributed by atoms with Gasteiger partial charge in [-0.2, -0.15) is 0 Å². The Kier molecular flexibility index (Phi) is 7.50. The summed E-state index contributed by atoms with van der Waals surface area (Å²) in [5.41, 5.74) is 6.53. The van der Waals surface area contributed by atoms with Crippen molar-refractivity contribution in [2.45, 2.75) is 13.1 Å². The molecule has 0 radical (unpaired) electrons. The summed E-state index contributed by atoms with van der Waals surface area (Å²) in [6.07, 6.45) is 0. The topological polar surface area (TPSA) is 110 Å². The van der Waals surface area contributed by atoms with Gasteiger partial charge in [0.25, 0.3) is 5.56 Å². The smallest absolute Gasteiger partial charge is 0.337 e. The van der Waals surface area contributed by atoms with Gasteiger partial charge in [-0.05, 0) is 47.5 Å². The van der Waals surface area contributed by atoms with Crippen LogP contribution >= 0.6 is 11.3 Å². The third kappa shape index (κ3) is 4.93. The number of rotatable bonds is 9. The van der Waals surface area contributed by atoms with Crippen molar-refractivity contribution in [3.63, 3.8) is 0 Å². The summed E-state index contributed by atoms with van der Waals surface area (Å²) in [7, 11) is 1.59. The van der Waals surface area contributed by atoms with Gasteiger partial charge in [0.1, 0.15) is 16.5 Å². The molecule has 216 valence electrons. The number of fused-ring (bicyclic) bond motifs is 2. The van der Waals surface area contributed by atoms with E-state index in [0.29, 0.717) is 40.7 Å². The zero-order valence-electron chi connectivity index (χ0n) is 22.5.